The van der Waals surface area contributed by atoms with Gasteiger partial charge in [-0.3, -0.25) is 9.80 Å². The van der Waals surface area contributed by atoms with Gasteiger partial charge in [-0.2, -0.15) is 0 Å². The van der Waals surface area contributed by atoms with Crippen LogP contribution in [-0.2, 0) is 6.54 Å². The van der Waals surface area contributed by atoms with Crippen LogP contribution in [0.25, 0.3) is 0 Å². The Morgan fingerprint density at radius 1 is 1.17 bits per heavy atom. The predicted molar refractivity (Wildman–Crippen MR) is 71.0 cm³/mol. The summed E-state index contributed by atoms with van der Waals surface area (Å²) in [6.07, 6.45) is 2.76. The van der Waals surface area contributed by atoms with Crippen LogP contribution in [0.1, 0.15) is 24.0 Å². The van der Waals surface area contributed by atoms with Gasteiger partial charge in [-0.25, -0.2) is 4.39 Å². The minimum absolute atomic E-state index is 0.0559. The van der Waals surface area contributed by atoms with Crippen molar-refractivity contribution in [2.45, 2.75) is 32.4 Å². The summed E-state index contributed by atoms with van der Waals surface area (Å²) in [5.41, 5.74) is 1.83. The molecule has 18 heavy (non-hydrogen) atoms. The van der Waals surface area contributed by atoms with E-state index in [1.54, 1.807) is 6.07 Å². The van der Waals surface area contributed by atoms with Gasteiger partial charge in [0.1, 0.15) is 5.82 Å². The maximum Gasteiger partial charge on any atom is 0.127 e. The van der Waals surface area contributed by atoms with Crippen LogP contribution in [0.15, 0.2) is 18.2 Å². The quantitative estimate of drug-likeness (QED) is 0.810. The van der Waals surface area contributed by atoms with Crippen molar-refractivity contribution >= 4 is 0 Å². The third-order valence-corrected chi connectivity index (χ3v) is 4.07. The van der Waals surface area contributed by atoms with Crippen LogP contribution in [-0.4, -0.2) is 42.0 Å². The Morgan fingerprint density at radius 2 is 1.89 bits per heavy atom. The molecule has 1 saturated heterocycles. The third kappa shape index (κ3) is 2.73. The van der Waals surface area contributed by atoms with Crippen LogP contribution < -0.4 is 0 Å². The molecular weight excluding hydrogens is 227 g/mol. The molecule has 1 aromatic carbocycles. The van der Waals surface area contributed by atoms with Gasteiger partial charge in [-0.1, -0.05) is 12.1 Å². The standard InChI is InChI=1S/C15H21FN2/c1-12-2-3-13(15(16)10-12)11-17-6-8-18(9-7-17)14-4-5-14/h2-3,10,14H,4-9,11H2,1H3. The molecule has 0 radical (unpaired) electrons. The highest BCUT2D eigenvalue weighted by molar-refractivity contribution is 5.23. The van der Waals surface area contributed by atoms with Gasteiger partial charge >= 0.3 is 0 Å². The summed E-state index contributed by atoms with van der Waals surface area (Å²) in [5.74, 6) is -0.0559. The second kappa shape index (κ2) is 4.98. The summed E-state index contributed by atoms with van der Waals surface area (Å²) in [6.45, 7) is 7.13. The molecule has 0 spiro atoms. The molecule has 2 nitrogen and oxygen atoms in total. The number of halogens is 1. The molecule has 3 heteroatoms. The molecule has 0 aromatic heterocycles. The lowest BCUT2D eigenvalue weighted by atomic mass is 10.1. The summed E-state index contributed by atoms with van der Waals surface area (Å²) >= 11 is 0. The monoisotopic (exact) mass is 248 g/mol. The summed E-state index contributed by atoms with van der Waals surface area (Å²) in [6, 6.07) is 6.43. The zero-order chi connectivity index (χ0) is 12.5. The van der Waals surface area contributed by atoms with Crippen LogP contribution in [0.5, 0.6) is 0 Å². The van der Waals surface area contributed by atoms with Crippen LogP contribution in [0.3, 0.4) is 0 Å². The number of hydrogen-bond acceptors (Lipinski definition) is 2. The highest BCUT2D eigenvalue weighted by Crippen LogP contribution is 2.27. The highest BCUT2D eigenvalue weighted by atomic mass is 19.1. The summed E-state index contributed by atoms with van der Waals surface area (Å²) < 4.78 is 13.8. The third-order valence-electron chi connectivity index (χ3n) is 4.07. The second-order valence-electron chi connectivity index (χ2n) is 5.64. The first-order valence-electron chi connectivity index (χ1n) is 6.94. The predicted octanol–water partition coefficient (Wildman–Crippen LogP) is 2.41. The Kier molecular flexibility index (Phi) is 3.35. The fraction of sp³-hybridized carbons (Fsp3) is 0.600. The van der Waals surface area contributed by atoms with Gasteiger partial charge in [0.05, 0.1) is 0 Å². The fourth-order valence-corrected chi connectivity index (χ4v) is 2.75. The first-order valence-corrected chi connectivity index (χ1v) is 6.94. The van der Waals surface area contributed by atoms with Crippen LogP contribution >= 0.6 is 0 Å². The van der Waals surface area contributed by atoms with E-state index in [0.717, 1.165) is 49.9 Å². The maximum atomic E-state index is 13.8. The van der Waals surface area contributed by atoms with Crippen molar-refractivity contribution in [1.29, 1.82) is 0 Å². The van der Waals surface area contributed by atoms with E-state index in [4.69, 9.17) is 0 Å². The van der Waals surface area contributed by atoms with Crippen molar-refractivity contribution in [1.82, 2.24) is 9.80 Å². The average Bonchev–Trinajstić information content (AvgIpc) is 3.18. The lowest BCUT2D eigenvalue weighted by Gasteiger charge is -2.34. The number of piperazine rings is 1. The Balaban J connectivity index is 1.56. The van der Waals surface area contributed by atoms with E-state index in [2.05, 4.69) is 9.80 Å². The van der Waals surface area contributed by atoms with E-state index in [1.807, 2.05) is 19.1 Å². The number of nitrogens with zero attached hydrogens (tertiary/aromatic N) is 2. The van der Waals surface area contributed by atoms with E-state index in [-0.39, 0.29) is 5.82 Å². The highest BCUT2D eigenvalue weighted by Gasteiger charge is 2.31. The van der Waals surface area contributed by atoms with Crippen LogP contribution in [0.4, 0.5) is 4.39 Å². The minimum Gasteiger partial charge on any atom is -0.298 e. The Bertz CT molecular complexity index is 421. The van der Waals surface area contributed by atoms with Gasteiger partial charge in [0, 0.05) is 44.3 Å². The molecule has 0 atom stereocenters. The minimum atomic E-state index is -0.0559. The van der Waals surface area contributed by atoms with E-state index in [9.17, 15) is 4.39 Å². The average molecular weight is 248 g/mol. The van der Waals surface area contributed by atoms with Gasteiger partial charge < -0.3 is 0 Å². The summed E-state index contributed by atoms with van der Waals surface area (Å²) in [4.78, 5) is 4.95. The summed E-state index contributed by atoms with van der Waals surface area (Å²) in [5, 5.41) is 0. The van der Waals surface area contributed by atoms with Gasteiger partial charge in [0.25, 0.3) is 0 Å². The lowest BCUT2D eigenvalue weighted by Crippen LogP contribution is -2.46. The van der Waals surface area contributed by atoms with Crippen molar-refractivity contribution in [3.05, 3.63) is 35.1 Å². The molecule has 1 aliphatic carbocycles. The number of hydrogen-bond donors (Lipinski definition) is 0. The van der Waals surface area contributed by atoms with Crippen LogP contribution in [0.2, 0.25) is 0 Å². The molecule has 2 fully saturated rings. The second-order valence-corrected chi connectivity index (χ2v) is 5.64. The van der Waals surface area contributed by atoms with Crippen molar-refractivity contribution < 1.29 is 4.39 Å². The largest absolute Gasteiger partial charge is 0.298 e. The summed E-state index contributed by atoms with van der Waals surface area (Å²) in [7, 11) is 0. The van der Waals surface area contributed by atoms with Crippen molar-refractivity contribution in [2.24, 2.45) is 0 Å². The topological polar surface area (TPSA) is 6.48 Å². The van der Waals surface area contributed by atoms with E-state index < -0.39 is 0 Å². The molecular formula is C15H21FN2. The molecule has 0 unspecified atom stereocenters. The molecule has 1 aliphatic heterocycles. The molecule has 0 N–H and O–H groups in total. The first kappa shape index (κ1) is 12.1. The molecule has 3 rings (SSSR count). The molecule has 1 heterocycles. The van der Waals surface area contributed by atoms with Crippen molar-refractivity contribution in [2.75, 3.05) is 26.2 Å². The molecule has 2 aliphatic rings. The first-order chi connectivity index (χ1) is 8.72. The Hall–Kier alpha value is -0.930. The van der Waals surface area contributed by atoms with Gasteiger partial charge in [0.2, 0.25) is 0 Å². The molecule has 0 amide bonds. The number of benzene rings is 1. The maximum absolute atomic E-state index is 13.8. The van der Waals surface area contributed by atoms with E-state index >= 15 is 0 Å². The SMILES string of the molecule is Cc1ccc(CN2CCN(C3CC3)CC2)c(F)c1. The van der Waals surface area contributed by atoms with E-state index in [0.29, 0.717) is 0 Å². The Morgan fingerprint density at radius 3 is 2.50 bits per heavy atom. The Labute approximate surface area is 108 Å². The van der Waals surface area contributed by atoms with Crippen LogP contribution in [0, 0.1) is 12.7 Å². The zero-order valence-corrected chi connectivity index (χ0v) is 11.0. The molecule has 98 valence electrons. The number of rotatable bonds is 3. The molecule has 1 saturated carbocycles. The van der Waals surface area contributed by atoms with Crippen molar-refractivity contribution in [3.63, 3.8) is 0 Å². The number of aryl methyl sites for hydroxylation is 1. The normalized spacial score (nSPS) is 22.3. The van der Waals surface area contributed by atoms with E-state index in [1.165, 1.54) is 12.8 Å². The smallest absolute Gasteiger partial charge is 0.127 e. The zero-order valence-electron chi connectivity index (χ0n) is 11.0. The molecule has 1 aromatic rings. The van der Waals surface area contributed by atoms with Gasteiger partial charge in [0.15, 0.2) is 0 Å². The van der Waals surface area contributed by atoms with Crippen molar-refractivity contribution in [3.8, 4) is 0 Å². The molecule has 0 bridgehead atoms. The lowest BCUT2D eigenvalue weighted by molar-refractivity contribution is 0.120. The van der Waals surface area contributed by atoms with Gasteiger partial charge in [-0.05, 0) is 31.4 Å². The van der Waals surface area contributed by atoms with Gasteiger partial charge in [-0.15, -0.1) is 0 Å². The fourth-order valence-electron chi connectivity index (χ4n) is 2.75.